The average Bonchev–Trinajstić information content (AvgIpc) is 3.32. The molecule has 0 spiro atoms. The molecule has 0 aliphatic carbocycles. The number of nitrogens with one attached hydrogen (secondary N) is 1. The van der Waals surface area contributed by atoms with E-state index in [4.69, 9.17) is 15.5 Å². The second-order valence-corrected chi connectivity index (χ2v) is 10.0. The summed E-state index contributed by atoms with van der Waals surface area (Å²) in [6.45, 7) is 12.0. The second kappa shape index (κ2) is 11.9. The number of fused-ring (bicyclic) bond motifs is 1. The first-order chi connectivity index (χ1) is 18.5. The van der Waals surface area contributed by atoms with Crippen molar-refractivity contribution in [1.29, 1.82) is 0 Å². The van der Waals surface area contributed by atoms with E-state index in [9.17, 15) is 4.79 Å². The van der Waals surface area contributed by atoms with Crippen LogP contribution in [0.3, 0.4) is 0 Å². The number of pyridine rings is 1. The molecule has 0 bridgehead atoms. The summed E-state index contributed by atoms with van der Waals surface area (Å²) in [5.74, 6) is 1.50. The molecule has 5 heterocycles. The molecule has 12 heteroatoms. The standard InChI is InChI=1S/C26H38N10O2/c1-3-4-13-38-26-31-23(27)25-30-17-21(36(25)32-26)15-20-14-19(2)24(29-16-20)35-11-9-34(10-12-35)22(37)18-33-7-5-28-6-8-33/h14,16-17,28H,3-13,15,18H2,1-2H3,(H2,27,31,32). The van der Waals surface area contributed by atoms with Crippen LogP contribution >= 0.6 is 0 Å². The highest BCUT2D eigenvalue weighted by atomic mass is 16.5. The summed E-state index contributed by atoms with van der Waals surface area (Å²) in [6.07, 6.45) is 6.25. The van der Waals surface area contributed by atoms with Gasteiger partial charge in [-0.05, 0) is 24.5 Å². The summed E-state index contributed by atoms with van der Waals surface area (Å²) in [7, 11) is 0. The number of hydrogen-bond donors (Lipinski definition) is 2. The number of carbonyl (C=O) groups is 1. The number of aromatic nitrogens is 5. The minimum absolute atomic E-state index is 0.225. The van der Waals surface area contributed by atoms with Crippen LogP contribution in [0, 0.1) is 6.92 Å². The van der Waals surface area contributed by atoms with Crippen LogP contribution in [0.4, 0.5) is 11.6 Å². The number of aryl methyl sites for hydroxylation is 1. The predicted octanol–water partition coefficient (Wildman–Crippen LogP) is 0.733. The number of carbonyl (C=O) groups excluding carboxylic acids is 1. The van der Waals surface area contributed by atoms with Gasteiger partial charge in [0.2, 0.25) is 5.91 Å². The third-order valence-electron chi connectivity index (χ3n) is 7.16. The first-order valence-electron chi connectivity index (χ1n) is 13.6. The molecule has 2 saturated heterocycles. The second-order valence-electron chi connectivity index (χ2n) is 10.0. The van der Waals surface area contributed by atoms with Crippen molar-refractivity contribution in [3.8, 4) is 6.01 Å². The zero-order valence-electron chi connectivity index (χ0n) is 22.4. The molecule has 0 unspecified atom stereocenters. The monoisotopic (exact) mass is 522 g/mol. The van der Waals surface area contributed by atoms with Gasteiger partial charge in [0.1, 0.15) is 5.82 Å². The fourth-order valence-corrected chi connectivity index (χ4v) is 5.01. The molecule has 12 nitrogen and oxygen atoms in total. The van der Waals surface area contributed by atoms with Crippen molar-refractivity contribution < 1.29 is 9.53 Å². The highest BCUT2D eigenvalue weighted by Gasteiger charge is 2.25. The molecule has 0 radical (unpaired) electrons. The van der Waals surface area contributed by atoms with Crippen LogP contribution in [-0.4, -0.2) is 106 Å². The minimum Gasteiger partial charge on any atom is -0.462 e. The van der Waals surface area contributed by atoms with Crippen LogP contribution in [0.25, 0.3) is 5.65 Å². The van der Waals surface area contributed by atoms with Crippen LogP contribution in [0.5, 0.6) is 6.01 Å². The Balaban J connectivity index is 1.21. The van der Waals surface area contributed by atoms with Crippen LogP contribution in [0.1, 0.15) is 36.6 Å². The molecule has 3 aromatic heterocycles. The summed E-state index contributed by atoms with van der Waals surface area (Å²) < 4.78 is 7.39. The molecule has 2 fully saturated rings. The number of piperazine rings is 2. The van der Waals surface area contributed by atoms with Crippen LogP contribution in [0.2, 0.25) is 0 Å². The van der Waals surface area contributed by atoms with Crippen molar-refractivity contribution in [3.63, 3.8) is 0 Å². The van der Waals surface area contributed by atoms with Crippen molar-refractivity contribution in [2.75, 3.05) is 76.1 Å². The number of amides is 1. The molecule has 2 aliphatic heterocycles. The Hall–Kier alpha value is -3.51. The Bertz CT molecular complexity index is 1250. The molecular weight excluding hydrogens is 484 g/mol. The maximum Gasteiger partial charge on any atom is 0.336 e. The molecule has 2 aliphatic rings. The van der Waals surface area contributed by atoms with E-state index in [0.717, 1.165) is 87.8 Å². The van der Waals surface area contributed by atoms with E-state index in [1.807, 2.05) is 11.1 Å². The van der Waals surface area contributed by atoms with Gasteiger partial charge >= 0.3 is 6.01 Å². The average molecular weight is 523 g/mol. The van der Waals surface area contributed by atoms with Gasteiger partial charge in [0.05, 0.1) is 25.0 Å². The molecule has 5 rings (SSSR count). The third kappa shape index (κ3) is 5.97. The number of hydrogen-bond acceptors (Lipinski definition) is 10. The van der Waals surface area contributed by atoms with Crippen molar-refractivity contribution in [2.24, 2.45) is 0 Å². The topological polar surface area (TPSA) is 130 Å². The van der Waals surface area contributed by atoms with Gasteiger partial charge in [0.15, 0.2) is 11.5 Å². The van der Waals surface area contributed by atoms with Crippen LogP contribution < -0.4 is 20.7 Å². The lowest BCUT2D eigenvalue weighted by Crippen LogP contribution is -2.53. The van der Waals surface area contributed by atoms with Crippen molar-refractivity contribution in [2.45, 2.75) is 33.1 Å². The number of rotatable bonds is 9. The molecule has 0 atom stereocenters. The Morgan fingerprint density at radius 1 is 1.11 bits per heavy atom. The first-order valence-corrected chi connectivity index (χ1v) is 13.6. The number of unbranched alkanes of at least 4 members (excludes halogenated alkanes) is 1. The van der Waals surface area contributed by atoms with E-state index in [1.165, 1.54) is 0 Å². The Labute approximate surface area is 223 Å². The normalized spacial score (nSPS) is 16.8. The third-order valence-corrected chi connectivity index (χ3v) is 7.16. The molecule has 204 valence electrons. The van der Waals surface area contributed by atoms with Crippen molar-refractivity contribution in [3.05, 3.63) is 35.3 Å². The number of nitrogens with two attached hydrogens (primary N) is 1. The van der Waals surface area contributed by atoms with E-state index in [1.54, 1.807) is 10.7 Å². The SMILES string of the molecule is CCCCOc1nc(N)c2ncc(Cc3cnc(N4CCN(C(=O)CN5CCNCC5)CC4)c(C)c3)n2n1. The zero-order chi connectivity index (χ0) is 26.5. The van der Waals surface area contributed by atoms with E-state index < -0.39 is 0 Å². The van der Waals surface area contributed by atoms with E-state index in [0.29, 0.717) is 31.0 Å². The van der Waals surface area contributed by atoms with Crippen LogP contribution in [0.15, 0.2) is 18.5 Å². The summed E-state index contributed by atoms with van der Waals surface area (Å²) in [5, 5.41) is 7.84. The molecule has 1 amide bonds. The highest BCUT2D eigenvalue weighted by Crippen LogP contribution is 2.22. The molecule has 0 saturated carbocycles. The minimum atomic E-state index is 0.225. The lowest BCUT2D eigenvalue weighted by molar-refractivity contribution is -0.132. The quantitative estimate of drug-likeness (QED) is 0.388. The van der Waals surface area contributed by atoms with E-state index >= 15 is 0 Å². The van der Waals surface area contributed by atoms with Gasteiger partial charge in [0, 0.05) is 65.0 Å². The Kier molecular flexibility index (Phi) is 8.18. The van der Waals surface area contributed by atoms with Crippen LogP contribution in [-0.2, 0) is 11.2 Å². The van der Waals surface area contributed by atoms with Gasteiger partial charge in [-0.2, -0.15) is 4.98 Å². The van der Waals surface area contributed by atoms with Crippen molar-refractivity contribution >= 4 is 23.2 Å². The Morgan fingerprint density at radius 3 is 2.63 bits per heavy atom. The fourth-order valence-electron chi connectivity index (χ4n) is 5.01. The van der Waals surface area contributed by atoms with E-state index in [-0.39, 0.29) is 11.9 Å². The lowest BCUT2D eigenvalue weighted by atomic mass is 10.1. The van der Waals surface area contributed by atoms with Gasteiger partial charge in [-0.1, -0.05) is 19.4 Å². The zero-order valence-corrected chi connectivity index (χ0v) is 22.4. The first kappa shape index (κ1) is 26.1. The largest absolute Gasteiger partial charge is 0.462 e. The van der Waals surface area contributed by atoms with Gasteiger partial charge < -0.3 is 25.6 Å². The molecule has 38 heavy (non-hydrogen) atoms. The predicted molar refractivity (Wildman–Crippen MR) is 145 cm³/mol. The van der Waals surface area contributed by atoms with Gasteiger partial charge in [-0.15, -0.1) is 5.10 Å². The molecule has 3 N–H and O–H groups in total. The number of imidazole rings is 1. The summed E-state index contributed by atoms with van der Waals surface area (Å²) in [6, 6.07) is 2.42. The fraction of sp³-hybridized carbons (Fsp3) is 0.577. The van der Waals surface area contributed by atoms with Gasteiger partial charge in [-0.25, -0.2) is 14.5 Å². The molecule has 0 aromatic carbocycles. The maximum atomic E-state index is 12.8. The molecular formula is C26H38N10O2. The summed E-state index contributed by atoms with van der Waals surface area (Å²) in [5.41, 5.74) is 9.68. The highest BCUT2D eigenvalue weighted by molar-refractivity contribution is 5.78. The van der Waals surface area contributed by atoms with Gasteiger partial charge in [-0.3, -0.25) is 9.69 Å². The summed E-state index contributed by atoms with van der Waals surface area (Å²) in [4.78, 5) is 32.7. The smallest absolute Gasteiger partial charge is 0.336 e. The molecule has 3 aromatic rings. The van der Waals surface area contributed by atoms with Crippen molar-refractivity contribution in [1.82, 2.24) is 39.7 Å². The lowest BCUT2D eigenvalue weighted by Gasteiger charge is -2.37. The van der Waals surface area contributed by atoms with E-state index in [2.05, 4.69) is 50.1 Å². The maximum absolute atomic E-state index is 12.8. The number of anilines is 2. The number of nitrogen functional groups attached to an aromatic ring is 1. The number of ether oxygens (including phenoxy) is 1. The van der Waals surface area contributed by atoms with Gasteiger partial charge in [0.25, 0.3) is 0 Å². The summed E-state index contributed by atoms with van der Waals surface area (Å²) >= 11 is 0. The number of nitrogens with zero attached hydrogens (tertiary/aromatic N) is 8. The Morgan fingerprint density at radius 2 is 1.89 bits per heavy atom.